The normalized spacial score (nSPS) is 25.6. The second-order valence-electron chi connectivity index (χ2n) is 3.78. The third kappa shape index (κ3) is 1.73. The zero-order valence-electron chi connectivity index (χ0n) is 8.51. The van der Waals surface area contributed by atoms with Gasteiger partial charge in [-0.05, 0) is 19.1 Å². The maximum Gasteiger partial charge on any atom is 0.224 e. The highest BCUT2D eigenvalue weighted by atomic mass is 16.3. The van der Waals surface area contributed by atoms with Crippen molar-refractivity contribution in [3.8, 4) is 6.07 Å². The predicted molar refractivity (Wildman–Crippen MR) is 52.4 cm³/mol. The molecule has 0 saturated carbocycles. The number of carbonyl (C=O) groups is 1. The van der Waals surface area contributed by atoms with Crippen molar-refractivity contribution in [2.45, 2.75) is 25.9 Å². The fraction of sp³-hybridized carbons (Fsp3) is 0.455. The van der Waals surface area contributed by atoms with Crippen LogP contribution in [0.15, 0.2) is 22.8 Å². The van der Waals surface area contributed by atoms with Gasteiger partial charge in [-0.15, -0.1) is 0 Å². The molecule has 4 nitrogen and oxygen atoms in total. The van der Waals surface area contributed by atoms with Crippen molar-refractivity contribution in [3.05, 3.63) is 24.2 Å². The summed E-state index contributed by atoms with van der Waals surface area (Å²) in [6, 6.07) is 5.77. The summed E-state index contributed by atoms with van der Waals surface area (Å²) < 4.78 is 5.18. The molecule has 0 N–H and O–H groups in total. The van der Waals surface area contributed by atoms with E-state index in [1.807, 2.05) is 13.0 Å². The van der Waals surface area contributed by atoms with Crippen LogP contribution in [-0.2, 0) is 11.3 Å². The van der Waals surface area contributed by atoms with Crippen LogP contribution in [-0.4, -0.2) is 16.8 Å². The zero-order chi connectivity index (χ0) is 10.8. The second kappa shape index (κ2) is 3.77. The van der Waals surface area contributed by atoms with Crippen molar-refractivity contribution in [1.82, 2.24) is 4.90 Å². The van der Waals surface area contributed by atoms with Crippen LogP contribution < -0.4 is 0 Å². The van der Waals surface area contributed by atoms with Crippen molar-refractivity contribution >= 4 is 5.91 Å². The Balaban J connectivity index is 2.10. The van der Waals surface area contributed by atoms with Gasteiger partial charge in [0.05, 0.1) is 24.8 Å². The molecule has 2 unspecified atom stereocenters. The van der Waals surface area contributed by atoms with Crippen LogP contribution >= 0.6 is 0 Å². The molecule has 2 rings (SSSR count). The molecule has 1 aromatic heterocycles. The third-order valence-electron chi connectivity index (χ3n) is 2.86. The molecule has 1 fully saturated rings. The van der Waals surface area contributed by atoms with Gasteiger partial charge in [0.2, 0.25) is 5.91 Å². The quantitative estimate of drug-likeness (QED) is 0.734. The SMILES string of the molecule is CC1C(C#N)CC(=O)N1Cc1ccco1. The fourth-order valence-electron chi connectivity index (χ4n) is 1.88. The Morgan fingerprint density at radius 3 is 3.07 bits per heavy atom. The number of rotatable bonds is 2. The van der Waals surface area contributed by atoms with E-state index in [9.17, 15) is 4.79 Å². The van der Waals surface area contributed by atoms with Gasteiger partial charge in [-0.25, -0.2) is 0 Å². The van der Waals surface area contributed by atoms with Gasteiger partial charge >= 0.3 is 0 Å². The molecule has 0 bridgehead atoms. The Bertz CT molecular complexity index is 391. The fourth-order valence-corrected chi connectivity index (χ4v) is 1.88. The lowest BCUT2D eigenvalue weighted by atomic mass is 10.0. The first-order valence-electron chi connectivity index (χ1n) is 4.94. The van der Waals surface area contributed by atoms with E-state index >= 15 is 0 Å². The second-order valence-corrected chi connectivity index (χ2v) is 3.78. The van der Waals surface area contributed by atoms with Crippen molar-refractivity contribution in [3.63, 3.8) is 0 Å². The van der Waals surface area contributed by atoms with Crippen LogP contribution in [0.2, 0.25) is 0 Å². The topological polar surface area (TPSA) is 57.2 Å². The summed E-state index contributed by atoms with van der Waals surface area (Å²) in [5, 5.41) is 8.85. The lowest BCUT2D eigenvalue weighted by Crippen LogP contribution is -2.31. The van der Waals surface area contributed by atoms with Crippen LogP contribution in [0.4, 0.5) is 0 Å². The van der Waals surface area contributed by atoms with Crippen molar-refractivity contribution in [1.29, 1.82) is 5.26 Å². The van der Waals surface area contributed by atoms with Gasteiger partial charge in [0.1, 0.15) is 5.76 Å². The number of nitriles is 1. The minimum absolute atomic E-state index is 0.0207. The van der Waals surface area contributed by atoms with Crippen LogP contribution in [0.25, 0.3) is 0 Å². The average molecular weight is 204 g/mol. The molecule has 1 aliphatic heterocycles. The minimum Gasteiger partial charge on any atom is -0.467 e. The first-order chi connectivity index (χ1) is 7.22. The number of hydrogen-bond donors (Lipinski definition) is 0. The molecule has 0 aromatic carbocycles. The molecule has 1 saturated heterocycles. The molecule has 0 aliphatic carbocycles. The molecular formula is C11H12N2O2. The van der Waals surface area contributed by atoms with E-state index in [1.165, 1.54) is 0 Å². The van der Waals surface area contributed by atoms with E-state index < -0.39 is 0 Å². The van der Waals surface area contributed by atoms with E-state index in [4.69, 9.17) is 9.68 Å². The molecule has 15 heavy (non-hydrogen) atoms. The predicted octanol–water partition coefficient (Wildman–Crippen LogP) is 1.54. The summed E-state index contributed by atoms with van der Waals surface area (Å²) >= 11 is 0. The van der Waals surface area contributed by atoms with Crippen molar-refractivity contribution < 1.29 is 9.21 Å². The smallest absolute Gasteiger partial charge is 0.224 e. The maximum atomic E-state index is 11.6. The molecule has 1 aromatic rings. The molecule has 1 amide bonds. The molecule has 4 heteroatoms. The van der Waals surface area contributed by atoms with Gasteiger partial charge in [0, 0.05) is 12.5 Å². The molecule has 0 spiro atoms. The van der Waals surface area contributed by atoms with E-state index in [1.54, 1.807) is 17.2 Å². The van der Waals surface area contributed by atoms with E-state index in [0.717, 1.165) is 5.76 Å². The highest BCUT2D eigenvalue weighted by Crippen LogP contribution is 2.26. The number of hydrogen-bond acceptors (Lipinski definition) is 3. The number of nitrogens with zero attached hydrogens (tertiary/aromatic N) is 2. The monoisotopic (exact) mass is 204 g/mol. The first-order valence-corrected chi connectivity index (χ1v) is 4.94. The van der Waals surface area contributed by atoms with E-state index in [-0.39, 0.29) is 17.9 Å². The third-order valence-corrected chi connectivity index (χ3v) is 2.86. The Morgan fingerprint density at radius 1 is 1.73 bits per heavy atom. The average Bonchev–Trinajstić information content (AvgIpc) is 2.81. The van der Waals surface area contributed by atoms with Gasteiger partial charge in [-0.2, -0.15) is 5.26 Å². The largest absolute Gasteiger partial charge is 0.467 e. The minimum atomic E-state index is -0.188. The molecule has 0 radical (unpaired) electrons. The maximum absolute atomic E-state index is 11.6. The van der Waals surface area contributed by atoms with Gasteiger partial charge < -0.3 is 9.32 Å². The Hall–Kier alpha value is -1.76. The molecule has 2 atom stereocenters. The van der Waals surface area contributed by atoms with Crippen LogP contribution in [0.1, 0.15) is 19.1 Å². The number of furan rings is 1. The zero-order valence-corrected chi connectivity index (χ0v) is 8.51. The van der Waals surface area contributed by atoms with Gasteiger partial charge in [0.15, 0.2) is 0 Å². The number of likely N-dealkylation sites (tertiary alicyclic amines) is 1. The highest BCUT2D eigenvalue weighted by Gasteiger charge is 2.36. The van der Waals surface area contributed by atoms with E-state index in [0.29, 0.717) is 13.0 Å². The van der Waals surface area contributed by atoms with Crippen LogP contribution in [0.5, 0.6) is 0 Å². The summed E-state index contributed by atoms with van der Waals surface area (Å²) in [5.41, 5.74) is 0. The Kier molecular flexibility index (Phi) is 2.46. The standard InChI is InChI=1S/C11H12N2O2/c1-8-9(6-12)5-11(14)13(8)7-10-3-2-4-15-10/h2-4,8-9H,5,7H2,1H3. The van der Waals surface area contributed by atoms with Gasteiger partial charge in [0.25, 0.3) is 0 Å². The lowest BCUT2D eigenvalue weighted by molar-refractivity contribution is -0.129. The molecule has 78 valence electrons. The Morgan fingerprint density at radius 2 is 2.53 bits per heavy atom. The van der Waals surface area contributed by atoms with Gasteiger partial charge in [-0.3, -0.25) is 4.79 Å². The molecule has 1 aliphatic rings. The molecule has 2 heterocycles. The number of carbonyl (C=O) groups excluding carboxylic acids is 1. The van der Waals surface area contributed by atoms with Gasteiger partial charge in [-0.1, -0.05) is 0 Å². The van der Waals surface area contributed by atoms with Crippen LogP contribution in [0.3, 0.4) is 0 Å². The summed E-state index contributed by atoms with van der Waals surface area (Å²) in [4.78, 5) is 13.3. The summed E-state index contributed by atoms with van der Waals surface area (Å²) in [7, 11) is 0. The van der Waals surface area contributed by atoms with Crippen LogP contribution in [0, 0.1) is 17.2 Å². The summed E-state index contributed by atoms with van der Waals surface area (Å²) in [6.07, 6.45) is 1.92. The lowest BCUT2D eigenvalue weighted by Gasteiger charge is -2.21. The highest BCUT2D eigenvalue weighted by molar-refractivity contribution is 5.79. The van der Waals surface area contributed by atoms with E-state index in [2.05, 4.69) is 6.07 Å². The summed E-state index contributed by atoms with van der Waals surface area (Å²) in [6.45, 7) is 2.37. The summed E-state index contributed by atoms with van der Waals surface area (Å²) in [5.74, 6) is 0.603. The van der Waals surface area contributed by atoms with Crippen molar-refractivity contribution in [2.24, 2.45) is 5.92 Å². The Labute approximate surface area is 88.1 Å². The number of amides is 1. The first kappa shape index (κ1) is 9.78. The van der Waals surface area contributed by atoms with Crippen molar-refractivity contribution in [2.75, 3.05) is 0 Å². The molecular weight excluding hydrogens is 192 g/mol.